The maximum Gasteiger partial charge on any atom is 0.253 e. The number of pyridine rings is 1. The Kier molecular flexibility index (Phi) is 7.07. The third-order valence-electron chi connectivity index (χ3n) is 5.84. The van der Waals surface area contributed by atoms with Crippen LogP contribution in [0.1, 0.15) is 30.9 Å². The molecule has 1 aliphatic heterocycles. The van der Waals surface area contributed by atoms with Crippen LogP contribution in [0.4, 0.5) is 5.69 Å². The molecular weight excluding hydrogens is 422 g/mol. The molecule has 1 aromatic heterocycles. The highest BCUT2D eigenvalue weighted by Crippen LogP contribution is 2.24. The van der Waals surface area contributed by atoms with Gasteiger partial charge in [-0.15, -0.1) is 0 Å². The summed E-state index contributed by atoms with van der Waals surface area (Å²) < 4.78 is 11.3. The molecule has 1 saturated heterocycles. The van der Waals surface area contributed by atoms with Gasteiger partial charge in [-0.25, -0.2) is 0 Å². The Labute approximate surface area is 193 Å². The van der Waals surface area contributed by atoms with Gasteiger partial charge >= 0.3 is 0 Å². The lowest BCUT2D eigenvalue weighted by Crippen LogP contribution is -2.40. The Hall–Kier alpha value is -2.90. The summed E-state index contributed by atoms with van der Waals surface area (Å²) in [6.45, 7) is 3.90. The van der Waals surface area contributed by atoms with E-state index < -0.39 is 0 Å². The molecule has 4 rings (SSSR count). The number of hydrogen-bond donors (Lipinski definition) is 2. The average Bonchev–Trinajstić information content (AvgIpc) is 3.32. The van der Waals surface area contributed by atoms with E-state index in [1.54, 1.807) is 7.11 Å². The zero-order chi connectivity index (χ0) is 22.5. The number of fused-ring (bicyclic) bond motifs is 1. The number of aryl methyl sites for hydroxylation is 1. The van der Waals surface area contributed by atoms with Crippen molar-refractivity contribution in [2.75, 3.05) is 25.6 Å². The Morgan fingerprint density at radius 3 is 2.88 bits per heavy atom. The normalized spacial score (nSPS) is 15.6. The van der Waals surface area contributed by atoms with E-state index in [-0.39, 0.29) is 11.7 Å². The lowest BCUT2D eigenvalue weighted by atomic mass is 10.1. The van der Waals surface area contributed by atoms with Crippen LogP contribution < -0.4 is 15.6 Å². The fourth-order valence-corrected chi connectivity index (χ4v) is 4.29. The van der Waals surface area contributed by atoms with Gasteiger partial charge in [-0.3, -0.25) is 4.79 Å². The van der Waals surface area contributed by atoms with Gasteiger partial charge in [-0.2, -0.15) is 0 Å². The lowest BCUT2D eigenvalue weighted by molar-refractivity contribution is 0.0904. The van der Waals surface area contributed by atoms with Gasteiger partial charge in [-0.05, 0) is 72.8 Å². The topological polar surface area (TPSA) is 66.6 Å². The quantitative estimate of drug-likeness (QED) is 0.517. The molecule has 3 aromatic rings. The summed E-state index contributed by atoms with van der Waals surface area (Å²) in [5.74, 6) is 0.711. The number of aromatic amines is 1. The summed E-state index contributed by atoms with van der Waals surface area (Å²) in [6.07, 6.45) is 3.07. The smallest absolute Gasteiger partial charge is 0.253 e. The SMILES string of the molecule is CCc1ccc2[nH]c(=O)c(CN(C[C@@H]3CCCO3)C(=S)Nc3ccccc3OC)cc2c1. The van der Waals surface area contributed by atoms with Crippen LogP contribution in [0.2, 0.25) is 0 Å². The Balaban J connectivity index is 1.62. The van der Waals surface area contributed by atoms with Crippen molar-refractivity contribution in [1.82, 2.24) is 9.88 Å². The zero-order valence-electron chi connectivity index (χ0n) is 18.5. The highest BCUT2D eigenvalue weighted by molar-refractivity contribution is 7.80. The fourth-order valence-electron chi connectivity index (χ4n) is 4.04. The molecule has 6 nitrogen and oxygen atoms in total. The molecule has 2 N–H and O–H groups in total. The number of anilines is 1. The van der Waals surface area contributed by atoms with Crippen LogP contribution in [0.15, 0.2) is 53.3 Å². The zero-order valence-corrected chi connectivity index (χ0v) is 19.3. The first kappa shape index (κ1) is 22.3. The molecule has 168 valence electrons. The number of hydrogen-bond acceptors (Lipinski definition) is 4. The molecule has 0 saturated carbocycles. The van der Waals surface area contributed by atoms with E-state index in [0.717, 1.165) is 42.5 Å². The molecule has 7 heteroatoms. The van der Waals surface area contributed by atoms with Crippen LogP contribution in [-0.4, -0.2) is 41.4 Å². The number of thiocarbonyl (C=S) groups is 1. The van der Waals surface area contributed by atoms with Crippen molar-refractivity contribution in [2.45, 2.75) is 38.8 Å². The number of benzene rings is 2. The van der Waals surface area contributed by atoms with E-state index in [1.807, 2.05) is 47.4 Å². The van der Waals surface area contributed by atoms with Crippen LogP contribution in [0, 0.1) is 0 Å². The number of ether oxygens (including phenoxy) is 2. The molecule has 0 radical (unpaired) electrons. The standard InChI is InChI=1S/C25H29N3O3S/c1-3-17-10-11-21-18(13-17)14-19(24(29)26-21)15-28(16-20-7-6-12-31-20)25(32)27-22-8-4-5-9-23(22)30-2/h4-5,8-11,13-14,20H,3,6-7,12,15-16H2,1-2H3,(H,26,29)(H,27,32)/t20-/m0/s1. The molecule has 0 aliphatic carbocycles. The Bertz CT molecular complexity index is 1150. The van der Waals surface area contributed by atoms with Gasteiger partial charge in [-0.1, -0.05) is 25.1 Å². The molecule has 1 atom stereocenters. The van der Waals surface area contributed by atoms with Gasteiger partial charge < -0.3 is 24.7 Å². The molecule has 1 fully saturated rings. The number of aromatic nitrogens is 1. The van der Waals surface area contributed by atoms with Gasteiger partial charge in [0.25, 0.3) is 5.56 Å². The molecule has 0 amide bonds. The second-order valence-electron chi connectivity index (χ2n) is 8.04. The van der Waals surface area contributed by atoms with Crippen molar-refractivity contribution in [3.05, 3.63) is 70.0 Å². The van der Waals surface area contributed by atoms with E-state index in [0.29, 0.717) is 29.5 Å². The molecule has 0 unspecified atom stereocenters. The number of rotatable bonds is 7. The number of nitrogens with zero attached hydrogens (tertiary/aromatic N) is 1. The minimum absolute atomic E-state index is 0.0960. The van der Waals surface area contributed by atoms with Gasteiger partial charge in [0.15, 0.2) is 5.11 Å². The second-order valence-corrected chi connectivity index (χ2v) is 8.43. The number of para-hydroxylation sites is 2. The molecule has 2 heterocycles. The van der Waals surface area contributed by atoms with Crippen molar-refractivity contribution in [1.29, 1.82) is 0 Å². The monoisotopic (exact) mass is 451 g/mol. The van der Waals surface area contributed by atoms with Gasteiger partial charge in [0, 0.05) is 24.2 Å². The van der Waals surface area contributed by atoms with Crippen LogP contribution in [0.25, 0.3) is 10.9 Å². The lowest BCUT2D eigenvalue weighted by Gasteiger charge is -2.28. The van der Waals surface area contributed by atoms with Crippen LogP contribution in [-0.2, 0) is 17.7 Å². The van der Waals surface area contributed by atoms with E-state index in [4.69, 9.17) is 21.7 Å². The maximum absolute atomic E-state index is 12.8. The van der Waals surface area contributed by atoms with Crippen LogP contribution >= 0.6 is 12.2 Å². The number of H-pyrrole nitrogens is 1. The Morgan fingerprint density at radius 1 is 1.28 bits per heavy atom. The molecule has 1 aliphatic rings. The van der Waals surface area contributed by atoms with Crippen LogP contribution in [0.3, 0.4) is 0 Å². The molecule has 2 aromatic carbocycles. The molecule has 0 bridgehead atoms. The highest BCUT2D eigenvalue weighted by Gasteiger charge is 2.22. The molecule has 0 spiro atoms. The van der Waals surface area contributed by atoms with Crippen molar-refractivity contribution in [3.63, 3.8) is 0 Å². The van der Waals surface area contributed by atoms with Crippen molar-refractivity contribution < 1.29 is 9.47 Å². The third-order valence-corrected chi connectivity index (χ3v) is 6.20. The minimum Gasteiger partial charge on any atom is -0.495 e. The molecule has 32 heavy (non-hydrogen) atoms. The van der Waals surface area contributed by atoms with Gasteiger partial charge in [0.2, 0.25) is 0 Å². The van der Waals surface area contributed by atoms with Crippen molar-refractivity contribution in [2.24, 2.45) is 0 Å². The fraction of sp³-hybridized carbons (Fsp3) is 0.360. The summed E-state index contributed by atoms with van der Waals surface area (Å²) in [7, 11) is 1.63. The number of methoxy groups -OCH3 is 1. The highest BCUT2D eigenvalue weighted by atomic mass is 32.1. The number of nitrogens with one attached hydrogen (secondary N) is 2. The first-order valence-electron chi connectivity index (χ1n) is 11.0. The first-order chi connectivity index (χ1) is 15.6. The summed E-state index contributed by atoms with van der Waals surface area (Å²) in [5, 5.41) is 4.86. The first-order valence-corrected chi connectivity index (χ1v) is 11.4. The maximum atomic E-state index is 12.8. The summed E-state index contributed by atoms with van der Waals surface area (Å²) in [5.41, 5.74) is 3.45. The van der Waals surface area contributed by atoms with E-state index >= 15 is 0 Å². The second kappa shape index (κ2) is 10.1. The summed E-state index contributed by atoms with van der Waals surface area (Å²) in [4.78, 5) is 17.9. The van der Waals surface area contributed by atoms with E-state index in [2.05, 4.69) is 23.3 Å². The minimum atomic E-state index is -0.0980. The predicted molar refractivity (Wildman–Crippen MR) is 133 cm³/mol. The summed E-state index contributed by atoms with van der Waals surface area (Å²) in [6, 6.07) is 15.8. The average molecular weight is 452 g/mol. The summed E-state index contributed by atoms with van der Waals surface area (Å²) >= 11 is 5.77. The van der Waals surface area contributed by atoms with Gasteiger partial charge in [0.05, 0.1) is 25.4 Å². The Morgan fingerprint density at radius 2 is 2.12 bits per heavy atom. The molecular formula is C25H29N3O3S. The third kappa shape index (κ3) is 5.11. The van der Waals surface area contributed by atoms with Gasteiger partial charge in [0.1, 0.15) is 5.75 Å². The van der Waals surface area contributed by atoms with Crippen LogP contribution in [0.5, 0.6) is 5.75 Å². The van der Waals surface area contributed by atoms with E-state index in [1.165, 1.54) is 5.56 Å². The largest absolute Gasteiger partial charge is 0.495 e. The van der Waals surface area contributed by atoms with Crippen molar-refractivity contribution >= 4 is 33.9 Å². The van der Waals surface area contributed by atoms with E-state index in [9.17, 15) is 4.79 Å². The predicted octanol–water partition coefficient (Wildman–Crippen LogP) is 4.48. The van der Waals surface area contributed by atoms with Crippen molar-refractivity contribution in [3.8, 4) is 5.75 Å².